The maximum atomic E-state index is 12.0. The van der Waals surface area contributed by atoms with E-state index >= 15 is 0 Å². The van der Waals surface area contributed by atoms with E-state index in [1.807, 2.05) is 0 Å². The molecule has 3 unspecified atom stereocenters. The fourth-order valence-electron chi connectivity index (χ4n) is 3.47. The minimum absolute atomic E-state index is 0. The predicted molar refractivity (Wildman–Crippen MR) is 94.0 cm³/mol. The van der Waals surface area contributed by atoms with Gasteiger partial charge in [-0.05, 0) is 50.3 Å². The molecule has 3 rings (SSSR count). The molecule has 0 spiro atoms. The summed E-state index contributed by atoms with van der Waals surface area (Å²) in [6.45, 7) is 3.75. The molecule has 0 aromatic heterocycles. The molecule has 4 nitrogen and oxygen atoms in total. The number of amides is 1. The topological polar surface area (TPSA) is 50.4 Å². The van der Waals surface area contributed by atoms with Crippen molar-refractivity contribution in [2.45, 2.75) is 57.3 Å². The van der Waals surface area contributed by atoms with E-state index in [2.05, 4.69) is 41.8 Å². The Morgan fingerprint density at radius 2 is 2.17 bits per heavy atom. The lowest BCUT2D eigenvalue weighted by Crippen LogP contribution is -2.38. The first-order valence-electron chi connectivity index (χ1n) is 8.45. The molecule has 23 heavy (non-hydrogen) atoms. The Kier molecular flexibility index (Phi) is 6.88. The van der Waals surface area contributed by atoms with Crippen LogP contribution in [0.25, 0.3) is 0 Å². The summed E-state index contributed by atoms with van der Waals surface area (Å²) in [5.74, 6) is 0.132. The van der Waals surface area contributed by atoms with Crippen LogP contribution in [-0.4, -0.2) is 31.2 Å². The molecule has 2 heterocycles. The molecule has 1 fully saturated rings. The van der Waals surface area contributed by atoms with Crippen molar-refractivity contribution >= 4 is 18.3 Å². The molecule has 128 valence electrons. The van der Waals surface area contributed by atoms with E-state index < -0.39 is 0 Å². The molecule has 0 saturated carbocycles. The maximum Gasteiger partial charge on any atom is 0.220 e. The van der Waals surface area contributed by atoms with Gasteiger partial charge in [0.2, 0.25) is 5.91 Å². The van der Waals surface area contributed by atoms with Crippen molar-refractivity contribution in [3.63, 3.8) is 0 Å². The van der Waals surface area contributed by atoms with E-state index in [-0.39, 0.29) is 30.5 Å². The number of halogens is 1. The average Bonchev–Trinajstić information content (AvgIpc) is 2.96. The summed E-state index contributed by atoms with van der Waals surface area (Å²) < 4.78 is 5.76. The number of ether oxygens (including phenoxy) is 1. The van der Waals surface area contributed by atoms with Crippen molar-refractivity contribution in [3.05, 3.63) is 35.4 Å². The van der Waals surface area contributed by atoms with Gasteiger partial charge in [-0.1, -0.05) is 24.3 Å². The zero-order chi connectivity index (χ0) is 15.4. The van der Waals surface area contributed by atoms with Crippen LogP contribution in [0.5, 0.6) is 0 Å². The van der Waals surface area contributed by atoms with E-state index in [1.54, 1.807) is 0 Å². The van der Waals surface area contributed by atoms with Gasteiger partial charge in [0.1, 0.15) is 0 Å². The lowest BCUT2D eigenvalue weighted by molar-refractivity contribution is -0.121. The van der Waals surface area contributed by atoms with Crippen molar-refractivity contribution in [3.8, 4) is 0 Å². The first-order chi connectivity index (χ1) is 10.7. The highest BCUT2D eigenvalue weighted by Gasteiger charge is 2.23. The minimum Gasteiger partial charge on any atom is -0.375 e. The highest BCUT2D eigenvalue weighted by Crippen LogP contribution is 2.23. The van der Waals surface area contributed by atoms with Crippen LogP contribution in [0.3, 0.4) is 0 Å². The van der Waals surface area contributed by atoms with Crippen LogP contribution in [0, 0.1) is 0 Å². The third kappa shape index (κ3) is 4.93. The zero-order valence-corrected chi connectivity index (χ0v) is 14.5. The molecule has 1 aromatic rings. The highest BCUT2D eigenvalue weighted by atomic mass is 35.5. The quantitative estimate of drug-likeness (QED) is 0.868. The van der Waals surface area contributed by atoms with Gasteiger partial charge in [0.25, 0.3) is 0 Å². The molecular formula is C18H27ClN2O2. The number of hydrogen-bond acceptors (Lipinski definition) is 3. The summed E-state index contributed by atoms with van der Waals surface area (Å²) in [6, 6.07) is 8.73. The Labute approximate surface area is 144 Å². The van der Waals surface area contributed by atoms with E-state index in [4.69, 9.17) is 4.74 Å². The average molecular weight is 339 g/mol. The maximum absolute atomic E-state index is 12.0. The summed E-state index contributed by atoms with van der Waals surface area (Å²) in [5.41, 5.74) is 2.72. The predicted octanol–water partition coefficient (Wildman–Crippen LogP) is 2.76. The van der Waals surface area contributed by atoms with Gasteiger partial charge in [0.05, 0.1) is 12.2 Å². The van der Waals surface area contributed by atoms with E-state index in [9.17, 15) is 4.79 Å². The Balaban J connectivity index is 0.00000192. The van der Waals surface area contributed by atoms with Crippen molar-refractivity contribution in [1.29, 1.82) is 0 Å². The zero-order valence-electron chi connectivity index (χ0n) is 13.7. The summed E-state index contributed by atoms with van der Waals surface area (Å²) in [7, 11) is 0. The Morgan fingerprint density at radius 3 is 2.96 bits per heavy atom. The van der Waals surface area contributed by atoms with Crippen LogP contribution in [0.1, 0.15) is 49.8 Å². The fourth-order valence-corrected chi connectivity index (χ4v) is 3.47. The molecular weight excluding hydrogens is 312 g/mol. The molecule has 5 heteroatoms. The first kappa shape index (κ1) is 18.2. The van der Waals surface area contributed by atoms with Gasteiger partial charge < -0.3 is 15.4 Å². The highest BCUT2D eigenvalue weighted by molar-refractivity contribution is 5.85. The normalized spacial score (nSPS) is 26.2. The number of carbonyl (C=O) groups excluding carboxylic acids is 1. The van der Waals surface area contributed by atoms with Crippen molar-refractivity contribution in [2.24, 2.45) is 0 Å². The lowest BCUT2D eigenvalue weighted by atomic mass is 9.94. The van der Waals surface area contributed by atoms with Crippen LogP contribution >= 0.6 is 12.4 Å². The van der Waals surface area contributed by atoms with Crippen LogP contribution in [0.2, 0.25) is 0 Å². The van der Waals surface area contributed by atoms with Gasteiger partial charge in [0.15, 0.2) is 0 Å². The second-order valence-corrected chi connectivity index (χ2v) is 6.44. The van der Waals surface area contributed by atoms with Gasteiger partial charge >= 0.3 is 0 Å². The second-order valence-electron chi connectivity index (χ2n) is 6.44. The number of nitrogens with one attached hydrogen (secondary N) is 2. The Morgan fingerprint density at radius 1 is 1.35 bits per heavy atom. The SMILES string of the molecule is CC1CCC(CCC(=O)NCC2NCCc3ccccc32)O1.Cl. The van der Waals surface area contributed by atoms with Crippen molar-refractivity contribution in [1.82, 2.24) is 10.6 Å². The van der Waals surface area contributed by atoms with Crippen molar-refractivity contribution in [2.75, 3.05) is 13.1 Å². The molecule has 2 N–H and O–H groups in total. The molecule has 0 aliphatic carbocycles. The summed E-state index contributed by atoms with van der Waals surface area (Å²) in [6.07, 6.45) is 5.31. The number of hydrogen-bond donors (Lipinski definition) is 2. The summed E-state index contributed by atoms with van der Waals surface area (Å²) in [5, 5.41) is 6.57. The molecule has 0 bridgehead atoms. The van der Waals surface area contributed by atoms with E-state index in [1.165, 1.54) is 11.1 Å². The van der Waals surface area contributed by atoms with E-state index in [0.29, 0.717) is 19.1 Å². The smallest absolute Gasteiger partial charge is 0.220 e. The first-order valence-corrected chi connectivity index (χ1v) is 8.45. The molecule has 1 aromatic carbocycles. The largest absolute Gasteiger partial charge is 0.375 e. The van der Waals surface area contributed by atoms with Gasteiger partial charge in [-0.15, -0.1) is 12.4 Å². The van der Waals surface area contributed by atoms with Crippen LogP contribution < -0.4 is 10.6 Å². The van der Waals surface area contributed by atoms with Gasteiger partial charge in [-0.3, -0.25) is 4.79 Å². The Hall–Kier alpha value is -1.10. The van der Waals surface area contributed by atoms with Crippen molar-refractivity contribution < 1.29 is 9.53 Å². The molecule has 1 amide bonds. The third-order valence-corrected chi connectivity index (χ3v) is 4.73. The standard InChI is InChI=1S/C18H26N2O2.ClH/c1-13-6-7-15(22-13)8-9-18(21)20-12-17-16-5-3-2-4-14(16)10-11-19-17;/h2-5,13,15,17,19H,6-12H2,1H3,(H,20,21);1H. The third-order valence-electron chi connectivity index (χ3n) is 4.73. The molecule has 1 saturated heterocycles. The van der Waals surface area contributed by atoms with Crippen LogP contribution in [-0.2, 0) is 16.0 Å². The van der Waals surface area contributed by atoms with Gasteiger partial charge in [0, 0.05) is 19.0 Å². The fraction of sp³-hybridized carbons (Fsp3) is 0.611. The lowest BCUT2D eigenvalue weighted by Gasteiger charge is -2.27. The minimum atomic E-state index is 0. The Bertz CT molecular complexity index is 523. The molecule has 0 radical (unpaired) electrons. The number of rotatable bonds is 5. The summed E-state index contributed by atoms with van der Waals surface area (Å²) in [4.78, 5) is 12.0. The second kappa shape index (κ2) is 8.67. The van der Waals surface area contributed by atoms with Crippen LogP contribution in [0.15, 0.2) is 24.3 Å². The summed E-state index contributed by atoms with van der Waals surface area (Å²) >= 11 is 0. The number of fused-ring (bicyclic) bond motifs is 1. The van der Waals surface area contributed by atoms with E-state index in [0.717, 1.165) is 32.2 Å². The van der Waals surface area contributed by atoms with Gasteiger partial charge in [-0.2, -0.15) is 0 Å². The number of benzene rings is 1. The molecule has 2 aliphatic heterocycles. The number of carbonyl (C=O) groups is 1. The monoisotopic (exact) mass is 338 g/mol. The molecule has 2 aliphatic rings. The van der Waals surface area contributed by atoms with Crippen LogP contribution in [0.4, 0.5) is 0 Å². The molecule has 3 atom stereocenters. The van der Waals surface area contributed by atoms with Gasteiger partial charge in [-0.25, -0.2) is 0 Å².